The summed E-state index contributed by atoms with van der Waals surface area (Å²) in [4.78, 5) is 29.2. The minimum Gasteiger partial charge on any atom is -0.352 e. The van der Waals surface area contributed by atoms with Gasteiger partial charge in [0, 0.05) is 24.0 Å². The molecule has 4 rings (SSSR count). The Morgan fingerprint density at radius 1 is 0.833 bits per heavy atom. The van der Waals surface area contributed by atoms with E-state index in [1.54, 1.807) is 35.2 Å². The molecule has 7 heteroatoms. The highest BCUT2D eigenvalue weighted by Crippen LogP contribution is 2.25. The van der Waals surface area contributed by atoms with E-state index in [0.717, 1.165) is 42.4 Å². The van der Waals surface area contributed by atoms with Crippen LogP contribution in [0.5, 0.6) is 0 Å². The van der Waals surface area contributed by atoms with Gasteiger partial charge in [0.2, 0.25) is 11.8 Å². The molecule has 0 spiro atoms. The number of carbonyl (C=O) groups excluding carboxylic acids is 2. The normalized spacial score (nSPS) is 14.4. The molecule has 0 aromatic heterocycles. The molecule has 0 aliphatic heterocycles. The molecule has 1 aliphatic carbocycles. The number of hydrogen-bond acceptors (Lipinski definition) is 2. The van der Waals surface area contributed by atoms with Crippen LogP contribution in [0.3, 0.4) is 0 Å². The van der Waals surface area contributed by atoms with Crippen LogP contribution in [0.1, 0.15) is 42.4 Å². The van der Waals surface area contributed by atoms with Crippen molar-refractivity contribution in [2.75, 3.05) is 0 Å². The maximum Gasteiger partial charge on any atom is 0.243 e. The molecular weight excluding hydrogens is 515 g/mol. The standard InChI is InChI=1S/C29H29Cl3N2O2/c30-23-13-10-21(11-14-23)19-34(28(35)18-22-12-15-25(31)26(32)16-22)27(17-20-6-2-1-3-7-20)29(36)33-24-8-4-5-9-24/h1-3,6-7,10-16,24,27H,4-5,8-9,17-19H2,(H,33,36)/t27-/m1/s1. The highest BCUT2D eigenvalue weighted by atomic mass is 35.5. The van der Waals surface area contributed by atoms with Gasteiger partial charge in [-0.05, 0) is 53.8 Å². The van der Waals surface area contributed by atoms with Crippen LogP contribution in [0.25, 0.3) is 0 Å². The predicted molar refractivity (Wildman–Crippen MR) is 147 cm³/mol. The average molecular weight is 544 g/mol. The molecule has 0 bridgehead atoms. The molecule has 36 heavy (non-hydrogen) atoms. The Bertz CT molecular complexity index is 1180. The van der Waals surface area contributed by atoms with Crippen molar-refractivity contribution < 1.29 is 9.59 Å². The Hall–Kier alpha value is -2.53. The Morgan fingerprint density at radius 3 is 2.17 bits per heavy atom. The second-order valence-electron chi connectivity index (χ2n) is 9.27. The van der Waals surface area contributed by atoms with Crippen LogP contribution in [0.2, 0.25) is 15.1 Å². The van der Waals surface area contributed by atoms with Crippen LogP contribution >= 0.6 is 34.8 Å². The zero-order chi connectivity index (χ0) is 25.5. The molecule has 4 nitrogen and oxygen atoms in total. The minimum atomic E-state index is -0.668. The van der Waals surface area contributed by atoms with Crippen molar-refractivity contribution in [3.63, 3.8) is 0 Å². The zero-order valence-corrected chi connectivity index (χ0v) is 22.2. The number of halogens is 3. The highest BCUT2D eigenvalue weighted by Gasteiger charge is 2.32. The van der Waals surface area contributed by atoms with Gasteiger partial charge >= 0.3 is 0 Å². The maximum absolute atomic E-state index is 13.8. The second-order valence-corrected chi connectivity index (χ2v) is 10.5. The monoisotopic (exact) mass is 542 g/mol. The van der Waals surface area contributed by atoms with Crippen molar-refractivity contribution in [1.82, 2.24) is 10.2 Å². The summed E-state index contributed by atoms with van der Waals surface area (Å²) in [5, 5.41) is 4.66. The number of amides is 2. The van der Waals surface area contributed by atoms with Gasteiger partial charge in [0.05, 0.1) is 16.5 Å². The molecule has 1 N–H and O–H groups in total. The number of carbonyl (C=O) groups is 2. The van der Waals surface area contributed by atoms with Crippen molar-refractivity contribution in [2.24, 2.45) is 0 Å². The number of nitrogens with one attached hydrogen (secondary N) is 1. The van der Waals surface area contributed by atoms with E-state index in [1.165, 1.54) is 0 Å². The first-order chi connectivity index (χ1) is 17.4. The first kappa shape index (κ1) is 26.5. The lowest BCUT2D eigenvalue weighted by Crippen LogP contribution is -2.52. The molecule has 2 amide bonds. The molecule has 1 fully saturated rings. The van der Waals surface area contributed by atoms with Crippen molar-refractivity contribution in [3.05, 3.63) is 105 Å². The van der Waals surface area contributed by atoms with Gasteiger partial charge in [0.25, 0.3) is 0 Å². The summed E-state index contributed by atoms with van der Waals surface area (Å²) in [5.41, 5.74) is 2.63. The van der Waals surface area contributed by atoms with Gasteiger partial charge in [-0.3, -0.25) is 9.59 Å². The fraction of sp³-hybridized carbons (Fsp3) is 0.310. The molecule has 3 aromatic carbocycles. The molecule has 3 aromatic rings. The number of hydrogen-bond donors (Lipinski definition) is 1. The first-order valence-electron chi connectivity index (χ1n) is 12.2. The van der Waals surface area contributed by atoms with Gasteiger partial charge < -0.3 is 10.2 Å². The van der Waals surface area contributed by atoms with E-state index in [9.17, 15) is 9.59 Å². The lowest BCUT2D eigenvalue weighted by Gasteiger charge is -2.32. The Kier molecular flexibility index (Phi) is 9.30. The highest BCUT2D eigenvalue weighted by molar-refractivity contribution is 6.42. The summed E-state index contributed by atoms with van der Waals surface area (Å²) in [7, 11) is 0. The zero-order valence-electron chi connectivity index (χ0n) is 19.9. The van der Waals surface area contributed by atoms with Crippen LogP contribution in [0.4, 0.5) is 0 Å². The first-order valence-corrected chi connectivity index (χ1v) is 13.3. The third-order valence-electron chi connectivity index (χ3n) is 6.58. The Morgan fingerprint density at radius 2 is 1.50 bits per heavy atom. The third-order valence-corrected chi connectivity index (χ3v) is 7.57. The molecule has 1 atom stereocenters. The third kappa shape index (κ3) is 7.25. The molecule has 1 saturated carbocycles. The second kappa shape index (κ2) is 12.6. The predicted octanol–water partition coefficient (Wildman–Crippen LogP) is 6.89. The van der Waals surface area contributed by atoms with Crippen LogP contribution in [0, 0.1) is 0 Å². The maximum atomic E-state index is 13.8. The number of rotatable bonds is 9. The van der Waals surface area contributed by atoms with E-state index in [-0.39, 0.29) is 30.8 Å². The van der Waals surface area contributed by atoms with E-state index < -0.39 is 6.04 Å². The summed E-state index contributed by atoms with van der Waals surface area (Å²) in [5.74, 6) is -0.284. The van der Waals surface area contributed by atoms with E-state index in [0.29, 0.717) is 21.5 Å². The SMILES string of the molecule is O=C(NC1CCCC1)[C@@H](Cc1ccccc1)N(Cc1ccc(Cl)cc1)C(=O)Cc1ccc(Cl)c(Cl)c1. The van der Waals surface area contributed by atoms with E-state index in [2.05, 4.69) is 5.32 Å². The smallest absolute Gasteiger partial charge is 0.243 e. The quantitative estimate of drug-likeness (QED) is 0.319. The molecular formula is C29H29Cl3N2O2. The van der Waals surface area contributed by atoms with Gasteiger partial charge in [0.1, 0.15) is 6.04 Å². The summed E-state index contributed by atoms with van der Waals surface area (Å²) >= 11 is 18.4. The van der Waals surface area contributed by atoms with Gasteiger partial charge in [-0.1, -0.05) is 96.2 Å². The largest absolute Gasteiger partial charge is 0.352 e. The van der Waals surface area contributed by atoms with Crippen molar-refractivity contribution in [3.8, 4) is 0 Å². The summed E-state index contributed by atoms with van der Waals surface area (Å²) in [6.45, 7) is 0.285. The summed E-state index contributed by atoms with van der Waals surface area (Å²) < 4.78 is 0. The molecule has 0 radical (unpaired) electrons. The number of nitrogens with zero attached hydrogens (tertiary/aromatic N) is 1. The molecule has 0 unspecified atom stereocenters. The lowest BCUT2D eigenvalue weighted by atomic mass is 10.0. The van der Waals surface area contributed by atoms with Crippen LogP contribution in [-0.4, -0.2) is 28.8 Å². The minimum absolute atomic E-state index is 0.104. The molecule has 0 heterocycles. The van der Waals surface area contributed by atoms with Crippen molar-refractivity contribution in [2.45, 2.75) is 57.2 Å². The van der Waals surface area contributed by atoms with Crippen LogP contribution in [0.15, 0.2) is 72.8 Å². The van der Waals surface area contributed by atoms with Crippen LogP contribution in [-0.2, 0) is 29.0 Å². The Balaban J connectivity index is 1.66. The summed E-state index contributed by atoms with van der Waals surface area (Å²) in [6, 6.07) is 21.8. The van der Waals surface area contributed by atoms with Gasteiger partial charge in [-0.2, -0.15) is 0 Å². The fourth-order valence-electron chi connectivity index (χ4n) is 4.63. The van der Waals surface area contributed by atoms with Crippen LogP contribution < -0.4 is 5.32 Å². The van der Waals surface area contributed by atoms with E-state index in [4.69, 9.17) is 34.8 Å². The van der Waals surface area contributed by atoms with Gasteiger partial charge in [0.15, 0.2) is 0 Å². The molecule has 188 valence electrons. The number of benzene rings is 3. The van der Waals surface area contributed by atoms with Crippen molar-refractivity contribution in [1.29, 1.82) is 0 Å². The van der Waals surface area contributed by atoms with Crippen molar-refractivity contribution >= 4 is 46.6 Å². The van der Waals surface area contributed by atoms with Gasteiger partial charge in [-0.25, -0.2) is 0 Å². The average Bonchev–Trinajstić information content (AvgIpc) is 3.38. The fourth-order valence-corrected chi connectivity index (χ4v) is 5.08. The van der Waals surface area contributed by atoms with E-state index in [1.807, 2.05) is 42.5 Å². The lowest BCUT2D eigenvalue weighted by molar-refractivity contribution is -0.141. The molecule has 0 saturated heterocycles. The molecule has 1 aliphatic rings. The summed E-state index contributed by atoms with van der Waals surface area (Å²) in [6.07, 6.45) is 4.68. The Labute approximate surface area is 227 Å². The van der Waals surface area contributed by atoms with E-state index >= 15 is 0 Å². The topological polar surface area (TPSA) is 49.4 Å². The van der Waals surface area contributed by atoms with Gasteiger partial charge in [-0.15, -0.1) is 0 Å².